The molecule has 0 spiro atoms. The van der Waals surface area contributed by atoms with Crippen LogP contribution in [0.25, 0.3) is 0 Å². The summed E-state index contributed by atoms with van der Waals surface area (Å²) in [7, 11) is 0. The number of hydrogen-bond acceptors (Lipinski definition) is 0. The van der Waals surface area contributed by atoms with E-state index in [-0.39, 0.29) is 0 Å². The Morgan fingerprint density at radius 2 is 2.09 bits per heavy atom. The molecule has 0 heteroatoms. The molecule has 2 aliphatic carbocycles. The Morgan fingerprint density at radius 3 is 2.55 bits per heavy atom. The molecule has 0 radical (unpaired) electrons. The van der Waals surface area contributed by atoms with E-state index in [1.54, 1.807) is 19.3 Å². The van der Waals surface area contributed by atoms with Crippen LogP contribution in [-0.4, -0.2) is 0 Å². The summed E-state index contributed by atoms with van der Waals surface area (Å²) >= 11 is 0. The molecule has 0 nitrogen and oxygen atoms in total. The lowest BCUT2D eigenvalue weighted by atomic mass is 9.64. The van der Waals surface area contributed by atoms with Crippen LogP contribution in [0.1, 0.15) is 52.4 Å². The Kier molecular flexibility index (Phi) is 1.74. The molecule has 2 fully saturated rings. The molecule has 0 aromatic heterocycles. The van der Waals surface area contributed by atoms with Crippen LogP contribution < -0.4 is 0 Å². The first-order chi connectivity index (χ1) is 5.26. The molecule has 0 amide bonds. The summed E-state index contributed by atoms with van der Waals surface area (Å²) in [4.78, 5) is 0. The Hall–Kier alpha value is 0. The van der Waals surface area contributed by atoms with Crippen molar-refractivity contribution in [2.24, 2.45) is 17.3 Å². The predicted molar refractivity (Wildman–Crippen MR) is 48.5 cm³/mol. The highest BCUT2D eigenvalue weighted by Gasteiger charge is 2.48. The predicted octanol–water partition coefficient (Wildman–Crippen LogP) is 3.61. The van der Waals surface area contributed by atoms with Crippen LogP contribution in [0.3, 0.4) is 0 Å². The van der Waals surface area contributed by atoms with E-state index in [4.69, 9.17) is 0 Å². The lowest BCUT2D eigenvalue weighted by molar-refractivity contribution is 0.0911. The van der Waals surface area contributed by atoms with Crippen molar-refractivity contribution in [2.45, 2.75) is 52.4 Å². The first-order valence-electron chi connectivity index (χ1n) is 5.26. The fourth-order valence-corrected chi connectivity index (χ4v) is 3.41. The molecule has 0 saturated heterocycles. The van der Waals surface area contributed by atoms with Crippen LogP contribution in [0, 0.1) is 17.3 Å². The third-order valence-corrected chi connectivity index (χ3v) is 4.22. The van der Waals surface area contributed by atoms with E-state index < -0.39 is 0 Å². The summed E-state index contributed by atoms with van der Waals surface area (Å²) in [6.07, 6.45) is 9.02. The lowest BCUT2D eigenvalue weighted by Crippen LogP contribution is -2.32. The van der Waals surface area contributed by atoms with Crippen molar-refractivity contribution in [3.63, 3.8) is 0 Å². The molecule has 0 aromatic rings. The number of hydrogen-bond donors (Lipinski definition) is 0. The molecule has 64 valence electrons. The second kappa shape index (κ2) is 2.50. The molecule has 0 N–H and O–H groups in total. The number of fused-ring (bicyclic) bond motifs is 1. The summed E-state index contributed by atoms with van der Waals surface area (Å²) in [5.41, 5.74) is 0.762. The fraction of sp³-hybridized carbons (Fsp3) is 1.00. The summed E-state index contributed by atoms with van der Waals surface area (Å²) < 4.78 is 0. The third-order valence-electron chi connectivity index (χ3n) is 4.22. The molecule has 0 bridgehead atoms. The van der Waals surface area contributed by atoms with Gasteiger partial charge in [0, 0.05) is 0 Å². The van der Waals surface area contributed by atoms with Gasteiger partial charge in [-0.25, -0.2) is 0 Å². The first kappa shape index (κ1) is 7.64. The van der Waals surface area contributed by atoms with Gasteiger partial charge in [0.05, 0.1) is 0 Å². The van der Waals surface area contributed by atoms with Crippen molar-refractivity contribution in [3.8, 4) is 0 Å². The van der Waals surface area contributed by atoms with Gasteiger partial charge < -0.3 is 0 Å². The van der Waals surface area contributed by atoms with Gasteiger partial charge >= 0.3 is 0 Å². The average molecular weight is 152 g/mol. The maximum Gasteiger partial charge on any atom is -0.0295 e. The van der Waals surface area contributed by atoms with Gasteiger partial charge in [0.2, 0.25) is 0 Å². The smallest absolute Gasteiger partial charge is 0.0295 e. The van der Waals surface area contributed by atoms with Gasteiger partial charge in [0.1, 0.15) is 0 Å². The molecule has 0 aliphatic heterocycles. The monoisotopic (exact) mass is 152 g/mol. The average Bonchev–Trinajstić information content (AvgIpc) is 2.03. The summed E-state index contributed by atoms with van der Waals surface area (Å²) in [5.74, 6) is 2.27. The van der Waals surface area contributed by atoms with E-state index in [0.717, 1.165) is 17.3 Å². The Morgan fingerprint density at radius 1 is 1.27 bits per heavy atom. The van der Waals surface area contributed by atoms with Crippen LogP contribution in [0.15, 0.2) is 0 Å². The normalized spacial score (nSPS) is 48.5. The highest BCUT2D eigenvalue weighted by Crippen LogP contribution is 2.58. The first-order valence-corrected chi connectivity index (χ1v) is 5.26. The highest BCUT2D eigenvalue weighted by atomic mass is 14.5. The maximum atomic E-state index is 2.53. The van der Waals surface area contributed by atoms with Gasteiger partial charge in [-0.1, -0.05) is 20.3 Å². The topological polar surface area (TPSA) is 0 Å². The van der Waals surface area contributed by atoms with Gasteiger partial charge in [-0.15, -0.1) is 0 Å². The molecule has 0 heterocycles. The quantitative estimate of drug-likeness (QED) is 0.567. The maximum absolute atomic E-state index is 2.53. The number of rotatable bonds is 2. The van der Waals surface area contributed by atoms with Crippen molar-refractivity contribution in [2.75, 3.05) is 0 Å². The lowest BCUT2D eigenvalue weighted by Gasteiger charge is -2.41. The van der Waals surface area contributed by atoms with E-state index in [1.807, 2.05) is 0 Å². The standard InChI is InChI=1S/C11H20/c1-3-7-11(2)8-6-9-4-5-10(9)11/h9-10H,3-8H2,1-2H3. The van der Waals surface area contributed by atoms with Gasteiger partial charge in [-0.2, -0.15) is 0 Å². The van der Waals surface area contributed by atoms with Gasteiger partial charge in [0.25, 0.3) is 0 Å². The molecule has 3 atom stereocenters. The molecule has 3 unspecified atom stereocenters. The van der Waals surface area contributed by atoms with Crippen LogP contribution >= 0.6 is 0 Å². The van der Waals surface area contributed by atoms with Crippen molar-refractivity contribution < 1.29 is 0 Å². The van der Waals surface area contributed by atoms with Crippen molar-refractivity contribution in [3.05, 3.63) is 0 Å². The van der Waals surface area contributed by atoms with E-state index in [2.05, 4.69) is 13.8 Å². The minimum absolute atomic E-state index is 0.762. The Labute approximate surface area is 70.4 Å². The minimum atomic E-state index is 0.762. The molecular weight excluding hydrogens is 132 g/mol. The molecule has 11 heavy (non-hydrogen) atoms. The fourth-order valence-electron chi connectivity index (χ4n) is 3.41. The largest absolute Gasteiger partial charge is 0.0654 e. The third kappa shape index (κ3) is 1.02. The van der Waals surface area contributed by atoms with E-state index in [0.29, 0.717) is 0 Å². The highest BCUT2D eigenvalue weighted by molar-refractivity contribution is 4.98. The molecule has 2 saturated carbocycles. The van der Waals surface area contributed by atoms with Gasteiger partial charge in [-0.05, 0) is 49.4 Å². The summed E-state index contributed by atoms with van der Waals surface area (Å²) in [6.45, 7) is 4.86. The van der Waals surface area contributed by atoms with E-state index >= 15 is 0 Å². The van der Waals surface area contributed by atoms with Crippen molar-refractivity contribution in [1.82, 2.24) is 0 Å². The van der Waals surface area contributed by atoms with Crippen molar-refractivity contribution in [1.29, 1.82) is 0 Å². The second-order valence-electron chi connectivity index (χ2n) is 4.89. The van der Waals surface area contributed by atoms with Crippen LogP contribution in [0.2, 0.25) is 0 Å². The zero-order chi connectivity index (χ0) is 7.90. The van der Waals surface area contributed by atoms with Crippen molar-refractivity contribution >= 4 is 0 Å². The minimum Gasteiger partial charge on any atom is -0.0654 e. The van der Waals surface area contributed by atoms with Crippen LogP contribution in [0.5, 0.6) is 0 Å². The SMILES string of the molecule is CCCC1(C)CCC2CCC21. The second-order valence-corrected chi connectivity index (χ2v) is 4.89. The molecular formula is C11H20. The van der Waals surface area contributed by atoms with Crippen LogP contribution in [0.4, 0.5) is 0 Å². The zero-order valence-electron chi connectivity index (χ0n) is 7.90. The Balaban J connectivity index is 2.02. The molecule has 0 aromatic carbocycles. The summed E-state index contributed by atoms with van der Waals surface area (Å²) in [5, 5.41) is 0. The Bertz CT molecular complexity index is 146. The van der Waals surface area contributed by atoms with Crippen LogP contribution in [-0.2, 0) is 0 Å². The molecule has 2 rings (SSSR count). The van der Waals surface area contributed by atoms with Gasteiger partial charge in [0.15, 0.2) is 0 Å². The van der Waals surface area contributed by atoms with Gasteiger partial charge in [-0.3, -0.25) is 0 Å². The summed E-state index contributed by atoms with van der Waals surface area (Å²) in [6, 6.07) is 0. The van der Waals surface area contributed by atoms with E-state index in [1.165, 1.54) is 19.3 Å². The molecule has 2 aliphatic rings. The zero-order valence-corrected chi connectivity index (χ0v) is 7.90. The van der Waals surface area contributed by atoms with E-state index in [9.17, 15) is 0 Å².